The molecule has 2 fully saturated rings. The Morgan fingerprint density at radius 2 is 1.61 bits per heavy atom. The molecule has 238 valence electrons. The third kappa shape index (κ3) is 6.46. The summed E-state index contributed by atoms with van der Waals surface area (Å²) in [6.07, 6.45) is 9.01. The van der Waals surface area contributed by atoms with Gasteiger partial charge in [0.05, 0.1) is 28.2 Å². The number of halogens is 2. The lowest BCUT2D eigenvalue weighted by Crippen LogP contribution is -2.44. The van der Waals surface area contributed by atoms with Gasteiger partial charge in [-0.15, -0.1) is 0 Å². The second kappa shape index (κ2) is 13.4. The van der Waals surface area contributed by atoms with Crippen LogP contribution in [0.1, 0.15) is 19.3 Å². The lowest BCUT2D eigenvalue weighted by molar-refractivity contribution is 0.218. The summed E-state index contributed by atoms with van der Waals surface area (Å²) < 4.78 is 3.15. The zero-order valence-corrected chi connectivity index (χ0v) is 27.3. The van der Waals surface area contributed by atoms with Crippen LogP contribution in [0.2, 0.25) is 10.0 Å². The molecule has 0 radical (unpaired) electrons. The van der Waals surface area contributed by atoms with Crippen LogP contribution in [0.15, 0.2) is 65.8 Å². The predicted molar refractivity (Wildman–Crippen MR) is 184 cm³/mol. The van der Waals surface area contributed by atoms with E-state index in [-0.39, 0.29) is 5.39 Å². The molecule has 0 bridgehead atoms. The lowest BCUT2D eigenvalue weighted by Gasteiger charge is -2.34. The quantitative estimate of drug-likeness (QED) is 0.237. The fourth-order valence-corrected chi connectivity index (χ4v) is 6.67. The summed E-state index contributed by atoms with van der Waals surface area (Å²) in [6, 6.07) is 13.3. The van der Waals surface area contributed by atoms with E-state index in [0.717, 1.165) is 63.6 Å². The number of anilines is 3. The number of piperazine rings is 1. The molecule has 0 amide bonds. The number of piperidine rings is 1. The lowest BCUT2D eigenvalue weighted by atomic mass is 10.1. The van der Waals surface area contributed by atoms with Gasteiger partial charge < -0.3 is 20.0 Å². The molecule has 0 atom stereocenters. The Morgan fingerprint density at radius 3 is 2.35 bits per heavy atom. The van der Waals surface area contributed by atoms with Gasteiger partial charge in [0, 0.05) is 62.1 Å². The first-order valence-corrected chi connectivity index (χ1v) is 16.5. The van der Waals surface area contributed by atoms with Crippen LogP contribution < -0.4 is 15.8 Å². The molecule has 2 aliphatic heterocycles. The van der Waals surface area contributed by atoms with Gasteiger partial charge >= 0.3 is 0 Å². The smallest absolute Gasteiger partial charge is 0.282 e. The Morgan fingerprint density at radius 1 is 0.870 bits per heavy atom. The Kier molecular flexibility index (Phi) is 8.90. The largest absolute Gasteiger partial charge is 0.369 e. The molecule has 5 heterocycles. The fourth-order valence-electron chi connectivity index (χ4n) is 6.11. The molecule has 0 spiro atoms. The number of para-hydroxylation sites is 1. The van der Waals surface area contributed by atoms with E-state index >= 15 is 0 Å². The average Bonchev–Trinajstić information content (AvgIpc) is 3.55. The fraction of sp³-hybridized carbons (Fsp3) is 0.364. The Bertz CT molecular complexity index is 1870. The summed E-state index contributed by atoms with van der Waals surface area (Å²) in [5.74, 6) is 0.355. The van der Waals surface area contributed by atoms with Crippen LogP contribution in [0.25, 0.3) is 27.8 Å². The SMILES string of the molecule is CN1CCN(c2ccc(Nc3ncc4c(=O)n(-c5c(Cl)cccc5Cl)nc(-c5cnn(CCN6CCCCC6)c5)c4n3)cc2)CC1. The zero-order valence-electron chi connectivity index (χ0n) is 25.7. The molecule has 46 heavy (non-hydrogen) atoms. The molecule has 3 aromatic heterocycles. The van der Waals surface area contributed by atoms with E-state index in [9.17, 15) is 4.79 Å². The number of fused-ring (bicyclic) bond motifs is 1. The number of hydrogen-bond acceptors (Lipinski definition) is 9. The van der Waals surface area contributed by atoms with E-state index < -0.39 is 5.56 Å². The van der Waals surface area contributed by atoms with Crippen LogP contribution in [-0.2, 0) is 6.54 Å². The summed E-state index contributed by atoms with van der Waals surface area (Å²) in [7, 11) is 2.15. The predicted octanol–water partition coefficient (Wildman–Crippen LogP) is 5.33. The topological polar surface area (TPSA) is 100 Å². The van der Waals surface area contributed by atoms with Crippen LogP contribution >= 0.6 is 23.2 Å². The van der Waals surface area contributed by atoms with Gasteiger partial charge in [-0.1, -0.05) is 35.7 Å². The van der Waals surface area contributed by atoms with Crippen LogP contribution in [0, 0.1) is 0 Å². The maximum Gasteiger partial charge on any atom is 0.282 e. The van der Waals surface area contributed by atoms with Crippen LogP contribution in [0.3, 0.4) is 0 Å². The van der Waals surface area contributed by atoms with Crippen molar-refractivity contribution in [1.29, 1.82) is 0 Å². The number of benzene rings is 2. The highest BCUT2D eigenvalue weighted by molar-refractivity contribution is 6.37. The van der Waals surface area contributed by atoms with Crippen molar-refractivity contribution in [2.75, 3.05) is 63.1 Å². The monoisotopic (exact) mass is 658 g/mol. The van der Waals surface area contributed by atoms with Crippen molar-refractivity contribution in [3.8, 4) is 16.9 Å². The van der Waals surface area contributed by atoms with Gasteiger partial charge in [0.15, 0.2) is 0 Å². The molecule has 1 N–H and O–H groups in total. The summed E-state index contributed by atoms with van der Waals surface area (Å²) in [4.78, 5) is 30.3. The number of nitrogens with zero attached hydrogens (tertiary/aromatic N) is 9. The third-order valence-electron chi connectivity index (χ3n) is 8.78. The van der Waals surface area contributed by atoms with Gasteiger partial charge in [-0.25, -0.2) is 9.97 Å². The summed E-state index contributed by atoms with van der Waals surface area (Å²) in [5.41, 5.74) is 3.52. The first kappa shape index (κ1) is 30.6. The zero-order chi connectivity index (χ0) is 31.6. The van der Waals surface area contributed by atoms with Crippen LogP contribution in [0.5, 0.6) is 0 Å². The Labute approximate surface area is 277 Å². The molecule has 7 rings (SSSR count). The van der Waals surface area contributed by atoms with Crippen molar-refractivity contribution in [2.24, 2.45) is 0 Å². The minimum absolute atomic E-state index is 0.290. The first-order chi connectivity index (χ1) is 22.4. The molecule has 13 heteroatoms. The highest BCUT2D eigenvalue weighted by Crippen LogP contribution is 2.30. The molecule has 0 aliphatic carbocycles. The Balaban J connectivity index is 1.23. The molecule has 2 saturated heterocycles. The van der Waals surface area contributed by atoms with Crippen molar-refractivity contribution in [3.05, 3.63) is 81.5 Å². The molecular weight excluding hydrogens is 623 g/mol. The summed E-state index contributed by atoms with van der Waals surface area (Å²) in [6.45, 7) is 8.00. The molecule has 0 saturated carbocycles. The van der Waals surface area contributed by atoms with Crippen molar-refractivity contribution >= 4 is 51.4 Å². The van der Waals surface area contributed by atoms with Crippen molar-refractivity contribution < 1.29 is 0 Å². The number of rotatable bonds is 8. The van der Waals surface area contributed by atoms with E-state index in [4.69, 9.17) is 33.3 Å². The van der Waals surface area contributed by atoms with Crippen molar-refractivity contribution in [3.63, 3.8) is 0 Å². The number of hydrogen-bond donors (Lipinski definition) is 1. The number of likely N-dealkylation sites (N-methyl/N-ethyl adjacent to an activating group) is 1. The Hall–Kier alpha value is -4.03. The molecule has 2 aliphatic rings. The second-order valence-corrected chi connectivity index (χ2v) is 12.8. The van der Waals surface area contributed by atoms with E-state index in [2.05, 4.69) is 49.3 Å². The molecule has 0 unspecified atom stereocenters. The minimum Gasteiger partial charge on any atom is -0.369 e. The maximum atomic E-state index is 13.8. The van der Waals surface area contributed by atoms with Gasteiger partial charge in [0.25, 0.3) is 5.56 Å². The molecular formula is C33H36Cl2N10O. The van der Waals surface area contributed by atoms with Crippen LogP contribution in [0.4, 0.5) is 17.3 Å². The van der Waals surface area contributed by atoms with Gasteiger partial charge in [0.1, 0.15) is 16.9 Å². The van der Waals surface area contributed by atoms with Gasteiger partial charge in [0.2, 0.25) is 5.95 Å². The molecule has 5 aromatic rings. The number of nitrogens with one attached hydrogen (secondary N) is 1. The highest BCUT2D eigenvalue weighted by Gasteiger charge is 2.21. The van der Waals surface area contributed by atoms with Gasteiger partial charge in [-0.2, -0.15) is 14.9 Å². The third-order valence-corrected chi connectivity index (χ3v) is 9.39. The van der Waals surface area contributed by atoms with E-state index in [1.54, 1.807) is 24.4 Å². The van der Waals surface area contributed by atoms with Crippen molar-refractivity contribution in [1.82, 2.24) is 39.3 Å². The number of likely N-dealkylation sites (tertiary alicyclic amines) is 1. The van der Waals surface area contributed by atoms with E-state index in [1.807, 2.05) is 23.0 Å². The van der Waals surface area contributed by atoms with E-state index in [1.165, 1.54) is 35.8 Å². The number of aromatic nitrogens is 6. The maximum absolute atomic E-state index is 13.8. The van der Waals surface area contributed by atoms with Gasteiger partial charge in [-0.05, 0) is 69.4 Å². The normalized spacial score (nSPS) is 16.3. The van der Waals surface area contributed by atoms with E-state index in [0.29, 0.717) is 32.9 Å². The van der Waals surface area contributed by atoms with Crippen molar-refractivity contribution in [2.45, 2.75) is 25.8 Å². The average molecular weight is 660 g/mol. The highest BCUT2D eigenvalue weighted by atomic mass is 35.5. The first-order valence-electron chi connectivity index (χ1n) is 15.7. The minimum atomic E-state index is -0.422. The standard InChI is InChI=1S/C33H36Cl2N10O/c1-41-14-17-43(18-15-41)25-10-8-24(9-11-25)38-33-36-21-26-30(39-33)29(40-45(32(26)46)31-27(34)6-5-7-28(31)35)23-20-37-44(22-23)19-16-42-12-3-2-4-13-42/h5-11,20-22H,2-4,12-19H2,1H3,(H,36,38,39). The molecule has 11 nitrogen and oxygen atoms in total. The summed E-state index contributed by atoms with van der Waals surface area (Å²) in [5, 5.41) is 13.6. The summed E-state index contributed by atoms with van der Waals surface area (Å²) >= 11 is 13.1. The molecule has 2 aromatic carbocycles. The second-order valence-electron chi connectivity index (χ2n) is 11.9. The van der Waals surface area contributed by atoms with Gasteiger partial charge in [-0.3, -0.25) is 9.48 Å². The van der Waals surface area contributed by atoms with Crippen LogP contribution in [-0.4, -0.2) is 92.2 Å².